The molecular formula is C26H28BrF3N5O5P. The summed E-state index contributed by atoms with van der Waals surface area (Å²) in [5, 5.41) is 5.58. The van der Waals surface area contributed by atoms with Gasteiger partial charge in [0.25, 0.3) is 5.91 Å². The van der Waals surface area contributed by atoms with Gasteiger partial charge in [-0.15, -0.1) is 0 Å². The first-order valence-corrected chi connectivity index (χ1v) is 15.0. The third-order valence-electron chi connectivity index (χ3n) is 6.10. The van der Waals surface area contributed by atoms with Crippen molar-refractivity contribution in [1.29, 1.82) is 0 Å². The van der Waals surface area contributed by atoms with Gasteiger partial charge in [0.2, 0.25) is 5.95 Å². The third kappa shape index (κ3) is 6.83. The molecule has 0 atom stereocenters. The maximum Gasteiger partial charge on any atom is 0.421 e. The summed E-state index contributed by atoms with van der Waals surface area (Å²) in [7, 11) is -0.355. The number of hydrogen-bond donors (Lipinski definition) is 2. The van der Waals surface area contributed by atoms with Gasteiger partial charge >= 0.3 is 13.8 Å². The van der Waals surface area contributed by atoms with Crippen LogP contribution in [0.25, 0.3) is 0 Å². The van der Waals surface area contributed by atoms with Crippen molar-refractivity contribution in [1.82, 2.24) is 14.9 Å². The van der Waals surface area contributed by atoms with Gasteiger partial charge in [0.15, 0.2) is 0 Å². The number of alkyl halides is 3. The van der Waals surface area contributed by atoms with Crippen molar-refractivity contribution < 1.29 is 36.3 Å². The molecular weight excluding hydrogens is 630 g/mol. The molecule has 220 valence electrons. The van der Waals surface area contributed by atoms with E-state index in [1.165, 1.54) is 18.1 Å². The van der Waals surface area contributed by atoms with Gasteiger partial charge in [-0.25, -0.2) is 4.98 Å². The molecule has 2 aromatic carbocycles. The monoisotopic (exact) mass is 657 g/mol. The van der Waals surface area contributed by atoms with E-state index in [1.54, 1.807) is 45.2 Å². The lowest BCUT2D eigenvalue weighted by Crippen LogP contribution is -2.18. The quantitative estimate of drug-likeness (QED) is 0.208. The van der Waals surface area contributed by atoms with Crippen LogP contribution in [-0.4, -0.2) is 48.1 Å². The summed E-state index contributed by atoms with van der Waals surface area (Å²) in [4.78, 5) is 22.2. The Bertz CT molecular complexity index is 1500. The Morgan fingerprint density at radius 1 is 1.10 bits per heavy atom. The second-order valence-corrected chi connectivity index (χ2v) is 11.9. The zero-order valence-corrected chi connectivity index (χ0v) is 25.1. The summed E-state index contributed by atoms with van der Waals surface area (Å²) in [5.41, 5.74) is 0.951. The number of hydrogen-bond acceptors (Lipinski definition) is 9. The second-order valence-electron chi connectivity index (χ2n) is 8.95. The van der Waals surface area contributed by atoms with E-state index >= 15 is 0 Å². The van der Waals surface area contributed by atoms with Crippen LogP contribution >= 0.6 is 23.5 Å². The van der Waals surface area contributed by atoms with Crippen LogP contribution in [0.1, 0.15) is 40.9 Å². The topological polar surface area (TPSA) is 115 Å². The molecule has 0 radical (unpaired) electrons. The zero-order chi connectivity index (χ0) is 29.9. The number of ether oxygens (including phenoxy) is 1. The maximum atomic E-state index is 13.9. The Morgan fingerprint density at radius 2 is 1.78 bits per heavy atom. The molecule has 1 aliphatic heterocycles. The van der Waals surface area contributed by atoms with Crippen molar-refractivity contribution in [3.63, 3.8) is 0 Å². The number of rotatable bonds is 11. The van der Waals surface area contributed by atoms with E-state index in [1.807, 2.05) is 0 Å². The van der Waals surface area contributed by atoms with Crippen LogP contribution in [0.5, 0.6) is 5.75 Å². The first-order chi connectivity index (χ1) is 19.4. The number of carbonyl (C=O) groups is 1. The van der Waals surface area contributed by atoms with E-state index in [0.717, 1.165) is 0 Å². The molecule has 0 aliphatic carbocycles. The SMILES string of the molecule is CCOP(=O)(Cc1ccc(Nc2ncc(C(F)(F)F)c(Nc3ccc(Br)c4c3C(=O)N(C)C4)n2)c(OC)c1)OCC. The lowest BCUT2D eigenvalue weighted by Gasteiger charge is -2.19. The van der Waals surface area contributed by atoms with E-state index in [2.05, 4.69) is 36.5 Å². The lowest BCUT2D eigenvalue weighted by atomic mass is 10.1. The number of aromatic nitrogens is 2. The van der Waals surface area contributed by atoms with Crippen molar-refractivity contribution in [3.05, 3.63) is 63.3 Å². The smallest absolute Gasteiger partial charge is 0.421 e. The molecule has 15 heteroatoms. The van der Waals surface area contributed by atoms with Gasteiger partial charge in [-0.2, -0.15) is 18.2 Å². The molecule has 1 amide bonds. The number of amides is 1. The molecule has 2 N–H and O–H groups in total. The first kappa shape index (κ1) is 30.8. The molecule has 41 heavy (non-hydrogen) atoms. The molecule has 0 bridgehead atoms. The van der Waals surface area contributed by atoms with Crippen molar-refractivity contribution in [2.75, 3.05) is 38.0 Å². The molecule has 0 saturated heterocycles. The number of halogens is 4. The molecule has 0 saturated carbocycles. The first-order valence-electron chi connectivity index (χ1n) is 12.5. The fraction of sp³-hybridized carbons (Fsp3) is 0.346. The summed E-state index contributed by atoms with van der Waals surface area (Å²) in [6.45, 7) is 4.17. The highest BCUT2D eigenvalue weighted by atomic mass is 79.9. The highest BCUT2D eigenvalue weighted by Crippen LogP contribution is 2.51. The van der Waals surface area contributed by atoms with Gasteiger partial charge in [0, 0.05) is 29.8 Å². The Morgan fingerprint density at radius 3 is 2.41 bits per heavy atom. The Labute approximate surface area is 243 Å². The predicted molar refractivity (Wildman–Crippen MR) is 151 cm³/mol. The van der Waals surface area contributed by atoms with Crippen LogP contribution in [0.3, 0.4) is 0 Å². The van der Waals surface area contributed by atoms with Gasteiger partial charge in [-0.1, -0.05) is 22.0 Å². The number of fused-ring (bicyclic) bond motifs is 1. The van der Waals surface area contributed by atoms with Crippen LogP contribution in [0.2, 0.25) is 0 Å². The fourth-order valence-corrected chi connectivity index (χ4v) is 6.44. The number of nitrogens with zero attached hydrogens (tertiary/aromatic N) is 3. The van der Waals surface area contributed by atoms with Gasteiger partial charge < -0.3 is 29.3 Å². The number of methoxy groups -OCH3 is 1. The van der Waals surface area contributed by atoms with Crippen LogP contribution < -0.4 is 15.4 Å². The minimum Gasteiger partial charge on any atom is -0.495 e. The molecule has 1 aromatic heterocycles. The summed E-state index contributed by atoms with van der Waals surface area (Å²) in [6, 6.07) is 8.04. The Balaban J connectivity index is 1.67. The van der Waals surface area contributed by atoms with Crippen LogP contribution in [0.4, 0.5) is 36.3 Å². The molecule has 0 unspecified atom stereocenters. The number of benzene rings is 2. The van der Waals surface area contributed by atoms with Crippen molar-refractivity contribution in [2.24, 2.45) is 0 Å². The number of carbonyl (C=O) groups excluding carboxylic acids is 1. The van der Waals surface area contributed by atoms with E-state index in [4.69, 9.17) is 13.8 Å². The van der Waals surface area contributed by atoms with Gasteiger partial charge in [-0.05, 0) is 43.7 Å². The van der Waals surface area contributed by atoms with E-state index in [-0.39, 0.29) is 42.5 Å². The van der Waals surface area contributed by atoms with Crippen LogP contribution in [-0.2, 0) is 32.5 Å². The standard InChI is InChI=1S/C26H28BrF3N5O5P/c1-5-39-41(37,40-6-2)14-15-7-9-19(21(11-15)38-4)33-25-31-12-17(26(28,29)30)23(34-25)32-20-10-8-18(27)16-13-35(3)24(36)22(16)20/h7-12H,5-6,13-14H2,1-4H3,(H2,31,32,33,34). The molecule has 4 rings (SSSR count). The Kier molecular flexibility index (Phi) is 9.27. The summed E-state index contributed by atoms with van der Waals surface area (Å²) < 4.78 is 71.5. The van der Waals surface area contributed by atoms with Crippen LogP contribution in [0.15, 0.2) is 41.0 Å². The normalized spacial score (nSPS) is 13.4. The van der Waals surface area contributed by atoms with Crippen LogP contribution in [0, 0.1) is 0 Å². The molecule has 3 aromatic rings. The second kappa shape index (κ2) is 12.4. The van der Waals surface area contributed by atoms with Crippen molar-refractivity contribution >= 4 is 52.6 Å². The average molecular weight is 658 g/mol. The molecule has 0 spiro atoms. The van der Waals surface area contributed by atoms with Gasteiger partial charge in [-0.3, -0.25) is 9.36 Å². The van der Waals surface area contributed by atoms with E-state index in [0.29, 0.717) is 39.8 Å². The molecule has 10 nitrogen and oxygen atoms in total. The van der Waals surface area contributed by atoms with Gasteiger partial charge in [0.1, 0.15) is 17.1 Å². The predicted octanol–water partition coefficient (Wildman–Crippen LogP) is 7.11. The lowest BCUT2D eigenvalue weighted by molar-refractivity contribution is -0.137. The van der Waals surface area contributed by atoms with E-state index in [9.17, 15) is 22.5 Å². The summed E-state index contributed by atoms with van der Waals surface area (Å²) in [5.74, 6) is -0.711. The summed E-state index contributed by atoms with van der Waals surface area (Å²) >= 11 is 3.40. The average Bonchev–Trinajstić information content (AvgIpc) is 3.21. The van der Waals surface area contributed by atoms with Gasteiger partial charge in [0.05, 0.1) is 43.4 Å². The number of anilines is 4. The summed E-state index contributed by atoms with van der Waals surface area (Å²) in [6.07, 6.45) is -4.11. The minimum absolute atomic E-state index is 0.00158. The maximum absolute atomic E-state index is 13.9. The fourth-order valence-electron chi connectivity index (χ4n) is 4.30. The highest BCUT2D eigenvalue weighted by molar-refractivity contribution is 9.10. The Hall–Kier alpha value is -3.19. The molecule has 2 heterocycles. The molecule has 0 fully saturated rings. The minimum atomic E-state index is -4.77. The highest BCUT2D eigenvalue weighted by Gasteiger charge is 2.37. The number of nitrogens with one attached hydrogen (secondary N) is 2. The van der Waals surface area contributed by atoms with Crippen molar-refractivity contribution in [2.45, 2.75) is 32.7 Å². The third-order valence-corrected chi connectivity index (χ3v) is 8.90. The largest absolute Gasteiger partial charge is 0.495 e. The van der Waals surface area contributed by atoms with Crippen molar-refractivity contribution in [3.8, 4) is 5.75 Å². The van der Waals surface area contributed by atoms with E-state index < -0.39 is 25.2 Å². The molecule has 1 aliphatic rings. The zero-order valence-electron chi connectivity index (χ0n) is 22.6.